The van der Waals surface area contributed by atoms with Gasteiger partial charge in [0, 0.05) is 6.54 Å². The normalized spacial score (nSPS) is 9.43. The Labute approximate surface area is 83.1 Å². The number of phenols is 1. The lowest BCUT2D eigenvalue weighted by Gasteiger charge is -2.02. The second kappa shape index (κ2) is 5.07. The van der Waals surface area contributed by atoms with Crippen LogP contribution in [-0.2, 0) is 11.2 Å². The van der Waals surface area contributed by atoms with Gasteiger partial charge in [-0.3, -0.25) is 4.79 Å². The van der Waals surface area contributed by atoms with Gasteiger partial charge in [-0.25, -0.2) is 0 Å². The second-order valence-electron chi connectivity index (χ2n) is 2.91. The molecule has 2 N–H and O–H groups in total. The summed E-state index contributed by atoms with van der Waals surface area (Å²) in [6, 6.07) is 6.92. The molecule has 74 valence electrons. The molecule has 0 aromatic heterocycles. The molecule has 0 atom stereocenters. The third-order valence-corrected chi connectivity index (χ3v) is 1.83. The quantitative estimate of drug-likeness (QED) is 0.703. The molecule has 3 heteroatoms. The van der Waals surface area contributed by atoms with Gasteiger partial charge in [-0.15, -0.1) is 0 Å². The molecule has 1 amide bonds. The van der Waals surface area contributed by atoms with Crippen molar-refractivity contribution < 1.29 is 9.90 Å². The van der Waals surface area contributed by atoms with Gasteiger partial charge in [0.15, 0.2) is 0 Å². The molecule has 0 unspecified atom stereocenters. The molecular formula is C11H13NO2. The van der Waals surface area contributed by atoms with Gasteiger partial charge in [0.2, 0.25) is 5.91 Å². The van der Waals surface area contributed by atoms with Crippen LogP contribution in [0.15, 0.2) is 36.9 Å². The van der Waals surface area contributed by atoms with Crippen LogP contribution in [0.25, 0.3) is 0 Å². The highest BCUT2D eigenvalue weighted by molar-refractivity contribution is 5.86. The summed E-state index contributed by atoms with van der Waals surface area (Å²) in [6.07, 6.45) is 2.00. The highest BCUT2D eigenvalue weighted by Crippen LogP contribution is 2.09. The Hall–Kier alpha value is -1.77. The molecule has 0 saturated carbocycles. The Bertz CT molecular complexity index is 317. The van der Waals surface area contributed by atoms with Crippen molar-refractivity contribution in [1.29, 1.82) is 0 Å². The predicted molar refractivity (Wildman–Crippen MR) is 55.0 cm³/mol. The van der Waals surface area contributed by atoms with Crippen LogP contribution >= 0.6 is 0 Å². The van der Waals surface area contributed by atoms with E-state index >= 15 is 0 Å². The first-order valence-corrected chi connectivity index (χ1v) is 4.40. The lowest BCUT2D eigenvalue weighted by molar-refractivity contribution is -0.116. The van der Waals surface area contributed by atoms with Gasteiger partial charge in [0.25, 0.3) is 0 Å². The number of aromatic hydroxyl groups is 1. The van der Waals surface area contributed by atoms with Crippen LogP contribution in [0.2, 0.25) is 0 Å². The summed E-state index contributed by atoms with van der Waals surface area (Å²) in [6.45, 7) is 3.93. The zero-order chi connectivity index (χ0) is 10.4. The third kappa shape index (κ3) is 3.31. The molecule has 0 fully saturated rings. The summed E-state index contributed by atoms with van der Waals surface area (Å²) in [5.41, 5.74) is 1.08. The third-order valence-electron chi connectivity index (χ3n) is 1.83. The summed E-state index contributed by atoms with van der Waals surface area (Å²) in [5.74, 6) is 0.0904. The van der Waals surface area contributed by atoms with Crippen molar-refractivity contribution in [2.45, 2.75) is 6.42 Å². The molecule has 0 aliphatic carbocycles. The Morgan fingerprint density at radius 3 is 2.64 bits per heavy atom. The number of nitrogens with one attached hydrogen (secondary N) is 1. The maximum Gasteiger partial charge on any atom is 0.243 e. The molecule has 0 heterocycles. The first-order chi connectivity index (χ1) is 6.72. The number of carbonyl (C=O) groups is 1. The fourth-order valence-corrected chi connectivity index (χ4v) is 1.06. The van der Waals surface area contributed by atoms with Crippen LogP contribution in [0.3, 0.4) is 0 Å². The number of hydrogen-bond acceptors (Lipinski definition) is 2. The standard InChI is InChI=1S/C11H13NO2/c1-2-11(14)12-8-7-9-3-5-10(13)6-4-9/h2-6,13H,1,7-8H2,(H,12,14). The van der Waals surface area contributed by atoms with E-state index in [0.717, 1.165) is 12.0 Å². The Morgan fingerprint density at radius 1 is 1.43 bits per heavy atom. The highest BCUT2D eigenvalue weighted by atomic mass is 16.3. The molecule has 0 aliphatic heterocycles. The number of benzene rings is 1. The van der Waals surface area contributed by atoms with Gasteiger partial charge >= 0.3 is 0 Å². The fourth-order valence-electron chi connectivity index (χ4n) is 1.06. The minimum atomic E-state index is -0.163. The van der Waals surface area contributed by atoms with Crippen LogP contribution in [0, 0.1) is 0 Å². The largest absolute Gasteiger partial charge is 0.508 e. The van der Waals surface area contributed by atoms with Crippen LogP contribution < -0.4 is 5.32 Å². The van der Waals surface area contributed by atoms with E-state index in [0.29, 0.717) is 6.54 Å². The Kier molecular flexibility index (Phi) is 3.73. The average Bonchev–Trinajstić information content (AvgIpc) is 2.21. The molecule has 0 saturated heterocycles. The first kappa shape index (κ1) is 10.3. The molecule has 0 radical (unpaired) electrons. The molecule has 1 rings (SSSR count). The average molecular weight is 191 g/mol. The zero-order valence-electron chi connectivity index (χ0n) is 7.86. The molecule has 0 bridgehead atoms. The van der Waals surface area contributed by atoms with Crippen LogP contribution in [0.4, 0.5) is 0 Å². The van der Waals surface area contributed by atoms with Crippen LogP contribution in [-0.4, -0.2) is 17.6 Å². The van der Waals surface area contributed by atoms with Gasteiger partial charge in [-0.05, 0) is 30.2 Å². The molecule has 0 aliphatic rings. The van der Waals surface area contributed by atoms with E-state index in [2.05, 4.69) is 11.9 Å². The van der Waals surface area contributed by atoms with E-state index in [1.807, 2.05) is 12.1 Å². The lowest BCUT2D eigenvalue weighted by Crippen LogP contribution is -2.23. The van der Waals surface area contributed by atoms with E-state index in [-0.39, 0.29) is 11.7 Å². The smallest absolute Gasteiger partial charge is 0.243 e. The maximum absolute atomic E-state index is 10.8. The Morgan fingerprint density at radius 2 is 2.07 bits per heavy atom. The fraction of sp³-hybridized carbons (Fsp3) is 0.182. The highest BCUT2D eigenvalue weighted by Gasteiger charge is 1.95. The molecule has 1 aromatic rings. The van der Waals surface area contributed by atoms with Crippen molar-refractivity contribution in [3.05, 3.63) is 42.5 Å². The zero-order valence-corrected chi connectivity index (χ0v) is 7.86. The molecular weight excluding hydrogens is 178 g/mol. The van der Waals surface area contributed by atoms with E-state index in [1.54, 1.807) is 12.1 Å². The van der Waals surface area contributed by atoms with Crippen molar-refractivity contribution in [3.63, 3.8) is 0 Å². The van der Waals surface area contributed by atoms with Crippen molar-refractivity contribution in [2.24, 2.45) is 0 Å². The molecule has 3 nitrogen and oxygen atoms in total. The minimum Gasteiger partial charge on any atom is -0.508 e. The van der Waals surface area contributed by atoms with Crippen molar-refractivity contribution in [2.75, 3.05) is 6.54 Å². The van der Waals surface area contributed by atoms with Crippen molar-refractivity contribution in [3.8, 4) is 5.75 Å². The summed E-state index contributed by atoms with van der Waals surface area (Å²) in [5, 5.41) is 11.7. The number of carbonyl (C=O) groups excluding carboxylic acids is 1. The van der Waals surface area contributed by atoms with E-state index in [9.17, 15) is 4.79 Å². The topological polar surface area (TPSA) is 49.3 Å². The molecule has 0 spiro atoms. The van der Waals surface area contributed by atoms with E-state index in [4.69, 9.17) is 5.11 Å². The predicted octanol–water partition coefficient (Wildman–Crippen LogP) is 1.24. The lowest BCUT2D eigenvalue weighted by atomic mass is 10.1. The second-order valence-corrected chi connectivity index (χ2v) is 2.91. The van der Waals surface area contributed by atoms with Crippen LogP contribution in [0.1, 0.15) is 5.56 Å². The maximum atomic E-state index is 10.8. The Balaban J connectivity index is 2.35. The number of hydrogen-bond donors (Lipinski definition) is 2. The van der Waals surface area contributed by atoms with Gasteiger partial charge in [0.1, 0.15) is 5.75 Å². The van der Waals surface area contributed by atoms with Gasteiger partial charge < -0.3 is 10.4 Å². The summed E-state index contributed by atoms with van der Waals surface area (Å²) >= 11 is 0. The summed E-state index contributed by atoms with van der Waals surface area (Å²) in [4.78, 5) is 10.8. The van der Waals surface area contributed by atoms with Crippen molar-refractivity contribution >= 4 is 5.91 Å². The molecule has 14 heavy (non-hydrogen) atoms. The number of phenolic OH excluding ortho intramolecular Hbond substituents is 1. The van der Waals surface area contributed by atoms with Gasteiger partial charge in [-0.2, -0.15) is 0 Å². The monoisotopic (exact) mass is 191 g/mol. The van der Waals surface area contributed by atoms with Gasteiger partial charge in [0.05, 0.1) is 0 Å². The summed E-state index contributed by atoms with van der Waals surface area (Å²) in [7, 11) is 0. The number of rotatable bonds is 4. The van der Waals surface area contributed by atoms with Crippen LogP contribution in [0.5, 0.6) is 5.75 Å². The van der Waals surface area contributed by atoms with E-state index < -0.39 is 0 Å². The number of amides is 1. The first-order valence-electron chi connectivity index (χ1n) is 4.40. The molecule has 1 aromatic carbocycles. The SMILES string of the molecule is C=CC(=O)NCCc1ccc(O)cc1. The van der Waals surface area contributed by atoms with Crippen molar-refractivity contribution in [1.82, 2.24) is 5.32 Å². The summed E-state index contributed by atoms with van der Waals surface area (Å²) < 4.78 is 0. The van der Waals surface area contributed by atoms with Gasteiger partial charge in [-0.1, -0.05) is 18.7 Å². The van der Waals surface area contributed by atoms with E-state index in [1.165, 1.54) is 6.08 Å². The minimum absolute atomic E-state index is 0.163.